The molecule has 6 rings (SSSR count). The summed E-state index contributed by atoms with van der Waals surface area (Å²) in [7, 11) is 3.01. The van der Waals surface area contributed by atoms with E-state index in [1.807, 2.05) is 0 Å². The van der Waals surface area contributed by atoms with Gasteiger partial charge in [-0.25, -0.2) is 22.9 Å². The number of rotatable bonds is 11. The Labute approximate surface area is 279 Å². The minimum Gasteiger partial charge on any atom is -0.497 e. The van der Waals surface area contributed by atoms with Crippen LogP contribution < -0.4 is 20.7 Å². The van der Waals surface area contributed by atoms with Crippen molar-refractivity contribution in [2.75, 3.05) is 20.8 Å². The largest absolute Gasteiger partial charge is 0.497 e. The zero-order valence-corrected chi connectivity index (χ0v) is 26.5. The lowest BCUT2D eigenvalue weighted by Gasteiger charge is -2.40. The lowest BCUT2D eigenvalue weighted by Crippen LogP contribution is -2.50. The molecule has 4 atom stereocenters. The molecule has 1 fully saturated rings. The fourth-order valence-corrected chi connectivity index (χ4v) is 5.90. The Morgan fingerprint density at radius 3 is 1.88 bits per heavy atom. The minimum atomic E-state index is -3.21. The van der Waals surface area contributed by atoms with Crippen LogP contribution in [0.5, 0.6) is 11.5 Å². The Bertz CT molecular complexity index is 1930. The van der Waals surface area contributed by atoms with Gasteiger partial charge in [-0.3, -0.25) is 4.79 Å². The van der Waals surface area contributed by atoms with Crippen molar-refractivity contribution in [3.63, 3.8) is 0 Å². The molecule has 12 heteroatoms. The first-order valence-electron chi connectivity index (χ1n) is 15.3. The number of carbonyl (C=O) groups excluding carboxylic acids is 1. The molecule has 10 nitrogen and oxygen atoms in total. The number of aromatic amines is 1. The van der Waals surface area contributed by atoms with Crippen LogP contribution in [-0.4, -0.2) is 54.5 Å². The highest BCUT2D eigenvalue weighted by atomic mass is 19.2. The number of nitrogens with one attached hydrogen (secondary N) is 1. The topological polar surface area (TPSA) is 118 Å². The first-order valence-corrected chi connectivity index (χ1v) is 15.3. The Kier molecular flexibility index (Phi) is 9.43. The Morgan fingerprint density at radius 2 is 1.35 bits per heavy atom. The van der Waals surface area contributed by atoms with E-state index in [9.17, 15) is 14.4 Å². The number of nitrogens with zero attached hydrogens (tertiary/aromatic N) is 1. The fraction of sp³-hybridized carbons (Fsp3) is 0.216. The van der Waals surface area contributed by atoms with Crippen LogP contribution in [0.2, 0.25) is 0 Å². The lowest BCUT2D eigenvalue weighted by atomic mass is 9.79. The van der Waals surface area contributed by atoms with Crippen LogP contribution in [0.3, 0.4) is 0 Å². The van der Waals surface area contributed by atoms with E-state index in [-0.39, 0.29) is 5.56 Å². The second-order valence-corrected chi connectivity index (χ2v) is 11.2. The molecule has 1 aromatic heterocycles. The van der Waals surface area contributed by atoms with Gasteiger partial charge in [0.15, 0.2) is 25.1 Å². The molecule has 0 spiro atoms. The van der Waals surface area contributed by atoms with Crippen LogP contribution in [0.25, 0.3) is 0 Å². The van der Waals surface area contributed by atoms with Gasteiger partial charge in [0, 0.05) is 12.3 Å². The van der Waals surface area contributed by atoms with Crippen molar-refractivity contribution in [1.82, 2.24) is 9.55 Å². The van der Waals surface area contributed by atoms with Crippen LogP contribution in [0.4, 0.5) is 8.78 Å². The van der Waals surface area contributed by atoms with E-state index in [1.165, 1.54) is 26.4 Å². The van der Waals surface area contributed by atoms with Gasteiger partial charge in [-0.1, -0.05) is 72.8 Å². The predicted molar refractivity (Wildman–Crippen MR) is 174 cm³/mol. The number of aromatic nitrogens is 2. The summed E-state index contributed by atoms with van der Waals surface area (Å²) in [5.74, 6) is -3.09. The molecule has 0 amide bonds. The molecular formula is C37H32F2N2O8. The van der Waals surface area contributed by atoms with Crippen LogP contribution in [0.15, 0.2) is 131 Å². The summed E-state index contributed by atoms with van der Waals surface area (Å²) in [6.07, 6.45) is -5.67. The standard InChI is InChI=1S/C37H32F2N2O8/c1-45-28-17-13-26(14-18-28)37(25-11-7-4-8-12-25,27-15-19-29(46-2)20-16-27)48-32-31(38)33(41-30(42)21-22-40-35(41)44)49-36(32,39)23-47-34(43)24-9-5-3-6-10-24/h3-22,31-33H,23H2,1-2H3,(H,40,44)/t31-,32+,33-,36-/m1/s1. The van der Waals surface area contributed by atoms with Crippen LogP contribution in [-0.2, 0) is 19.8 Å². The Hall–Kier alpha value is -5.59. The molecule has 4 aromatic carbocycles. The van der Waals surface area contributed by atoms with E-state index in [2.05, 4.69) is 4.98 Å². The molecule has 0 radical (unpaired) electrons. The van der Waals surface area contributed by atoms with Gasteiger partial charge in [0.2, 0.25) is 0 Å². The summed E-state index contributed by atoms with van der Waals surface area (Å²) < 4.78 is 63.3. The number of alkyl halides is 2. The zero-order valence-electron chi connectivity index (χ0n) is 26.5. The van der Waals surface area contributed by atoms with Gasteiger partial charge >= 0.3 is 11.7 Å². The van der Waals surface area contributed by atoms with E-state index in [1.54, 1.807) is 97.1 Å². The van der Waals surface area contributed by atoms with Gasteiger partial charge in [0.1, 0.15) is 17.1 Å². The van der Waals surface area contributed by atoms with E-state index < -0.39 is 53.8 Å². The van der Waals surface area contributed by atoms with E-state index in [0.717, 1.165) is 12.3 Å². The molecular weight excluding hydrogens is 638 g/mol. The third-order valence-corrected chi connectivity index (χ3v) is 8.33. The molecule has 252 valence electrons. The third-order valence-electron chi connectivity index (χ3n) is 8.33. The smallest absolute Gasteiger partial charge is 0.338 e. The van der Waals surface area contributed by atoms with Crippen molar-refractivity contribution >= 4 is 5.97 Å². The number of hydrogen-bond donors (Lipinski definition) is 1. The highest BCUT2D eigenvalue weighted by molar-refractivity contribution is 5.89. The van der Waals surface area contributed by atoms with Crippen molar-refractivity contribution in [1.29, 1.82) is 0 Å². The highest BCUT2D eigenvalue weighted by Gasteiger charge is 2.62. The monoisotopic (exact) mass is 670 g/mol. The summed E-state index contributed by atoms with van der Waals surface area (Å²) in [6, 6.07) is 31.0. The first-order chi connectivity index (χ1) is 23.7. The van der Waals surface area contributed by atoms with Gasteiger partial charge in [-0.15, -0.1) is 0 Å². The van der Waals surface area contributed by atoms with Crippen LogP contribution in [0, 0.1) is 0 Å². The van der Waals surface area contributed by atoms with Gasteiger partial charge in [0.05, 0.1) is 19.8 Å². The fourth-order valence-electron chi connectivity index (χ4n) is 5.90. The maximum Gasteiger partial charge on any atom is 0.338 e. The molecule has 2 heterocycles. The average molecular weight is 671 g/mol. The maximum atomic E-state index is 17.5. The molecule has 1 aliphatic rings. The summed E-state index contributed by atoms with van der Waals surface area (Å²) in [6.45, 7) is -1.14. The minimum absolute atomic E-state index is 0.112. The van der Waals surface area contributed by atoms with Crippen molar-refractivity contribution < 1.29 is 37.3 Å². The normalized spacial score (nSPS) is 20.4. The molecule has 1 aliphatic heterocycles. The number of H-pyrrole nitrogens is 1. The van der Waals surface area contributed by atoms with Gasteiger partial charge in [-0.05, 0) is 53.1 Å². The molecule has 1 N–H and O–H groups in total. The highest BCUT2D eigenvalue weighted by Crippen LogP contribution is 2.49. The zero-order chi connectivity index (χ0) is 34.6. The second kappa shape index (κ2) is 13.9. The molecule has 0 bridgehead atoms. The number of halogens is 2. The number of hydrogen-bond acceptors (Lipinski definition) is 8. The first kappa shape index (κ1) is 33.3. The average Bonchev–Trinajstić information content (AvgIpc) is 3.38. The molecule has 49 heavy (non-hydrogen) atoms. The van der Waals surface area contributed by atoms with Crippen LogP contribution >= 0.6 is 0 Å². The van der Waals surface area contributed by atoms with Crippen molar-refractivity contribution in [3.8, 4) is 11.5 Å². The van der Waals surface area contributed by atoms with Gasteiger partial charge in [0.25, 0.3) is 11.4 Å². The van der Waals surface area contributed by atoms with Gasteiger partial charge < -0.3 is 28.7 Å². The van der Waals surface area contributed by atoms with E-state index in [4.69, 9.17) is 23.7 Å². The Balaban J connectivity index is 1.53. The summed E-state index contributed by atoms with van der Waals surface area (Å²) in [4.78, 5) is 40.9. The molecule has 1 saturated heterocycles. The van der Waals surface area contributed by atoms with Crippen molar-refractivity contribution in [3.05, 3.63) is 165 Å². The number of ether oxygens (including phenoxy) is 5. The number of methoxy groups -OCH3 is 2. The quantitative estimate of drug-likeness (QED) is 0.148. The molecule has 0 aliphatic carbocycles. The van der Waals surface area contributed by atoms with Crippen molar-refractivity contribution in [2.24, 2.45) is 0 Å². The maximum absolute atomic E-state index is 17.5. The third kappa shape index (κ3) is 6.35. The molecule has 0 unspecified atom stereocenters. The SMILES string of the molecule is COc1ccc(C(O[C@H]2[C@@H](F)[C@H](n3c(=O)cc[nH]c3=O)O[C@]2(F)COC(=O)c2ccccc2)(c2ccccc2)c2ccc(OC)cc2)cc1. The number of esters is 1. The lowest BCUT2D eigenvalue weighted by molar-refractivity contribution is -0.231. The summed E-state index contributed by atoms with van der Waals surface area (Å²) in [5, 5.41) is 0. The molecule has 5 aromatic rings. The van der Waals surface area contributed by atoms with E-state index >= 15 is 8.78 Å². The predicted octanol–water partition coefficient (Wildman–Crippen LogP) is 5.32. The summed E-state index contributed by atoms with van der Waals surface area (Å²) in [5.41, 5.74) is -2.26. The van der Waals surface area contributed by atoms with Crippen molar-refractivity contribution in [2.45, 2.75) is 30.0 Å². The van der Waals surface area contributed by atoms with E-state index in [0.29, 0.717) is 32.8 Å². The van der Waals surface area contributed by atoms with Crippen LogP contribution in [0.1, 0.15) is 33.3 Å². The van der Waals surface area contributed by atoms with Gasteiger partial charge in [-0.2, -0.15) is 0 Å². The molecule has 0 saturated carbocycles. The number of carbonyl (C=O) groups is 1. The second-order valence-electron chi connectivity index (χ2n) is 11.2. The number of benzene rings is 4. The summed E-state index contributed by atoms with van der Waals surface area (Å²) >= 11 is 0. The Morgan fingerprint density at radius 1 is 0.816 bits per heavy atom.